The first-order chi connectivity index (χ1) is 8.40. The van der Waals surface area contributed by atoms with Gasteiger partial charge in [0.2, 0.25) is 0 Å². The summed E-state index contributed by atoms with van der Waals surface area (Å²) in [5.74, 6) is 0.730. The van der Waals surface area contributed by atoms with Crippen LogP contribution >= 0.6 is 0 Å². The van der Waals surface area contributed by atoms with Crippen molar-refractivity contribution in [3.05, 3.63) is 41.6 Å². The summed E-state index contributed by atoms with van der Waals surface area (Å²) in [4.78, 5) is 0. The van der Waals surface area contributed by atoms with E-state index in [1.807, 2.05) is 6.66 Å². The molecule has 1 unspecified atom stereocenters. The van der Waals surface area contributed by atoms with Gasteiger partial charge >= 0.3 is 120 Å². The molecule has 0 nitrogen and oxygen atoms in total. The van der Waals surface area contributed by atoms with Crippen LogP contribution in [0.2, 0.25) is 13.1 Å². The third kappa shape index (κ3) is 2.80. The molecule has 2 aliphatic rings. The van der Waals surface area contributed by atoms with Gasteiger partial charge in [-0.05, 0) is 0 Å². The van der Waals surface area contributed by atoms with Gasteiger partial charge in [-0.25, -0.2) is 0 Å². The molecule has 0 heterocycles. The summed E-state index contributed by atoms with van der Waals surface area (Å²) in [6, 6.07) is 0. The third-order valence-electron chi connectivity index (χ3n) is 3.87. The van der Waals surface area contributed by atoms with Gasteiger partial charge < -0.3 is 0 Å². The fraction of sp³-hybridized carbons (Fsp3) is 0.500. The molecule has 0 saturated carbocycles. The second-order valence-electron chi connectivity index (χ2n) is 6.00. The molecule has 2 aliphatic carbocycles. The van der Waals surface area contributed by atoms with Crippen LogP contribution in [0.25, 0.3) is 0 Å². The predicted molar refractivity (Wildman–Crippen MR) is 79.6 cm³/mol. The molecule has 0 aromatic rings. The first-order valence-corrected chi connectivity index (χ1v) is 18.3. The Kier molecular flexibility index (Phi) is 4.48. The van der Waals surface area contributed by atoms with Crippen molar-refractivity contribution >= 4 is 5.49 Å². The average molecular weight is 423 g/mol. The van der Waals surface area contributed by atoms with Gasteiger partial charge in [0.15, 0.2) is 0 Å². The summed E-state index contributed by atoms with van der Waals surface area (Å²) in [6.45, 7) is 14.4. The van der Waals surface area contributed by atoms with E-state index in [1.165, 1.54) is 12.0 Å². The van der Waals surface area contributed by atoms with Crippen molar-refractivity contribution in [1.29, 1.82) is 0 Å². The molecular weight excluding hydrogens is 399 g/mol. The van der Waals surface area contributed by atoms with Gasteiger partial charge in [-0.3, -0.25) is 0 Å². The molecule has 0 fully saturated rings. The summed E-state index contributed by atoms with van der Waals surface area (Å²) < 4.78 is 3.80. The third-order valence-corrected chi connectivity index (χ3v) is 28.9. The Morgan fingerprint density at radius 3 is 2.22 bits per heavy atom. The minimum absolute atomic E-state index is 0.130. The van der Waals surface area contributed by atoms with Crippen LogP contribution in [0, 0.1) is 5.92 Å². The normalized spacial score (nSPS) is 23.0. The molecule has 0 saturated heterocycles. The van der Waals surface area contributed by atoms with Gasteiger partial charge in [0.1, 0.15) is 0 Å². The molecule has 2 heteroatoms. The molecule has 2 rings (SSSR count). The molecule has 96 valence electrons. The molecule has 0 spiro atoms. The Bertz CT molecular complexity index is 537. The quantitative estimate of drug-likeness (QED) is 0.552. The van der Waals surface area contributed by atoms with Crippen LogP contribution in [0.4, 0.5) is 0 Å². The summed E-state index contributed by atoms with van der Waals surface area (Å²) in [5.41, 5.74) is 4.58. The zero-order valence-electron chi connectivity index (χ0n) is 12.5. The van der Waals surface area contributed by atoms with E-state index in [2.05, 4.69) is 59.0 Å². The van der Waals surface area contributed by atoms with E-state index >= 15 is 0 Å². The van der Waals surface area contributed by atoms with Gasteiger partial charge in [0.05, 0.1) is 0 Å². The van der Waals surface area contributed by atoms with Crippen LogP contribution < -0.4 is 0 Å². The molecule has 1 atom stereocenters. The van der Waals surface area contributed by atoms with Crippen LogP contribution in [0.5, 0.6) is 0 Å². The van der Waals surface area contributed by atoms with Crippen LogP contribution in [-0.4, -0.2) is 5.49 Å². The topological polar surface area (TPSA) is 0 Å². The monoisotopic (exact) mass is 424 g/mol. The second-order valence-corrected chi connectivity index (χ2v) is 29.8. The van der Waals surface area contributed by atoms with Crippen molar-refractivity contribution < 1.29 is 20.1 Å². The Labute approximate surface area is 120 Å². The van der Waals surface area contributed by atoms with Crippen molar-refractivity contribution in [2.75, 3.05) is 0 Å². The maximum atomic E-state index is 2.56. The van der Waals surface area contributed by atoms with Crippen LogP contribution in [0.3, 0.4) is 0 Å². The fourth-order valence-electron chi connectivity index (χ4n) is 3.19. The maximum absolute atomic E-state index is 2.56. The number of hydrogen-bond acceptors (Lipinski definition) is 0. The molecule has 0 aromatic heterocycles. The Morgan fingerprint density at radius 1 is 1.17 bits per heavy atom. The first kappa shape index (κ1) is 14.5. The first-order valence-electron chi connectivity index (χ1n) is 6.85. The van der Waals surface area contributed by atoms with Gasteiger partial charge in [0.25, 0.3) is 0 Å². The van der Waals surface area contributed by atoms with Gasteiger partial charge in [-0.15, -0.1) is 0 Å². The van der Waals surface area contributed by atoms with E-state index in [0.717, 1.165) is 5.92 Å². The second kappa shape index (κ2) is 5.58. The SMILES string of the molecule is CC1=CC(C)[C]([Hf]([C]2=C(C)C=C(C)C2)=[Si](C)C)=C1. The van der Waals surface area contributed by atoms with E-state index < -0.39 is 20.1 Å². The Balaban J connectivity index is 2.44. The van der Waals surface area contributed by atoms with Crippen LogP contribution in [-0.2, 0) is 20.1 Å². The fourth-order valence-corrected chi connectivity index (χ4v) is 29.7. The molecule has 0 amide bonds. The summed E-state index contributed by atoms with van der Waals surface area (Å²) in [6.07, 6.45) is 8.74. The molecule has 0 radical (unpaired) electrons. The summed E-state index contributed by atoms with van der Waals surface area (Å²) in [7, 11) is 0. The summed E-state index contributed by atoms with van der Waals surface area (Å²) in [5, 5.41) is 0. The number of allylic oxidation sites excluding steroid dienone is 8. The standard InChI is InChI=1S/2C7H9.C2H6Si.Hf/c2*1-6-3-4-7(2)5-6;1-3-2;/h5H,3H2,1-2H3;3,5,7H,1-2H3;1-2H3;. The molecule has 0 N–H and O–H groups in total. The molecule has 0 aliphatic heterocycles. The van der Waals surface area contributed by atoms with Crippen molar-refractivity contribution in [2.24, 2.45) is 5.92 Å². The zero-order valence-corrected chi connectivity index (χ0v) is 17.1. The van der Waals surface area contributed by atoms with Crippen molar-refractivity contribution in [3.8, 4) is 0 Å². The average Bonchev–Trinajstić information content (AvgIpc) is 2.71. The molecule has 0 bridgehead atoms. The number of hydrogen-bond donors (Lipinski definition) is 0. The summed E-state index contributed by atoms with van der Waals surface area (Å²) >= 11 is -1.72. The van der Waals surface area contributed by atoms with Gasteiger partial charge in [0, 0.05) is 0 Å². The van der Waals surface area contributed by atoms with E-state index in [4.69, 9.17) is 0 Å². The molecule has 0 aromatic carbocycles. The van der Waals surface area contributed by atoms with Crippen molar-refractivity contribution in [3.63, 3.8) is 0 Å². The predicted octanol–water partition coefficient (Wildman–Crippen LogP) is 4.96. The van der Waals surface area contributed by atoms with Crippen LogP contribution in [0.1, 0.15) is 34.1 Å². The molecule has 18 heavy (non-hydrogen) atoms. The Hall–Kier alpha value is 0.0470. The van der Waals surface area contributed by atoms with E-state index in [0.29, 0.717) is 0 Å². The Morgan fingerprint density at radius 2 is 1.83 bits per heavy atom. The molecular formula is C16H24HfSi. The van der Waals surface area contributed by atoms with Crippen molar-refractivity contribution in [1.82, 2.24) is 0 Å². The zero-order chi connectivity index (χ0) is 13.4. The minimum atomic E-state index is -1.72. The number of rotatable bonds is 2. The van der Waals surface area contributed by atoms with E-state index in [9.17, 15) is 0 Å². The van der Waals surface area contributed by atoms with Crippen LogP contribution in [0.15, 0.2) is 41.6 Å². The van der Waals surface area contributed by atoms with Gasteiger partial charge in [-0.1, -0.05) is 0 Å². The van der Waals surface area contributed by atoms with E-state index in [-0.39, 0.29) is 5.49 Å². The van der Waals surface area contributed by atoms with E-state index in [1.54, 1.807) is 11.1 Å². The van der Waals surface area contributed by atoms with Crippen molar-refractivity contribution in [2.45, 2.75) is 47.2 Å². The van der Waals surface area contributed by atoms with Gasteiger partial charge in [-0.2, -0.15) is 0 Å².